The molecule has 0 aliphatic carbocycles. The quantitative estimate of drug-likeness (QED) is 0.486. The molecule has 0 saturated carbocycles. The first-order valence-electron chi connectivity index (χ1n) is 7.42. The van der Waals surface area contributed by atoms with Gasteiger partial charge in [0.1, 0.15) is 0 Å². The number of piperidine rings is 1. The van der Waals surface area contributed by atoms with E-state index in [1.807, 2.05) is 36.7 Å². The second-order valence-corrected chi connectivity index (χ2v) is 7.02. The molecular formula is C16H19BrN4OS. The van der Waals surface area contributed by atoms with Gasteiger partial charge in [0, 0.05) is 23.6 Å². The van der Waals surface area contributed by atoms with E-state index >= 15 is 0 Å². The number of thioether (sulfide) groups is 1. The van der Waals surface area contributed by atoms with Crippen molar-refractivity contribution in [1.82, 2.24) is 10.2 Å². The van der Waals surface area contributed by atoms with E-state index in [1.165, 1.54) is 11.8 Å². The lowest BCUT2D eigenvalue weighted by Gasteiger charge is -2.33. The Labute approximate surface area is 149 Å². The van der Waals surface area contributed by atoms with E-state index in [4.69, 9.17) is 5.26 Å². The summed E-state index contributed by atoms with van der Waals surface area (Å²) < 4.78 is 1.01. The molecule has 1 aliphatic rings. The van der Waals surface area contributed by atoms with Gasteiger partial charge in [-0.2, -0.15) is 5.26 Å². The molecule has 1 saturated heterocycles. The van der Waals surface area contributed by atoms with Crippen molar-refractivity contribution in [2.45, 2.75) is 25.3 Å². The van der Waals surface area contributed by atoms with E-state index in [-0.39, 0.29) is 11.9 Å². The molecule has 122 valence electrons. The van der Waals surface area contributed by atoms with Gasteiger partial charge in [-0.3, -0.25) is 4.79 Å². The maximum atomic E-state index is 12.1. The molecule has 1 aromatic rings. The van der Waals surface area contributed by atoms with Gasteiger partial charge in [-0.15, -0.1) is 4.99 Å². The zero-order valence-electron chi connectivity index (χ0n) is 13.0. The van der Waals surface area contributed by atoms with Crippen molar-refractivity contribution in [2.75, 3.05) is 19.3 Å². The fraction of sp³-hybridized carbons (Fsp3) is 0.438. The van der Waals surface area contributed by atoms with Crippen molar-refractivity contribution in [2.24, 2.45) is 4.99 Å². The van der Waals surface area contributed by atoms with Crippen LogP contribution in [0.3, 0.4) is 0 Å². The van der Waals surface area contributed by atoms with Gasteiger partial charge in [-0.25, -0.2) is 0 Å². The molecule has 0 unspecified atom stereocenters. The van der Waals surface area contributed by atoms with Crippen molar-refractivity contribution < 1.29 is 4.79 Å². The third kappa shape index (κ3) is 5.56. The number of nitriles is 1. The molecule has 1 N–H and O–H groups in total. The Bertz CT molecular complexity index is 604. The van der Waals surface area contributed by atoms with E-state index in [2.05, 4.69) is 31.1 Å². The Hall–Kier alpha value is -1.52. The normalized spacial score (nSPS) is 16.0. The van der Waals surface area contributed by atoms with Crippen molar-refractivity contribution in [3.63, 3.8) is 0 Å². The number of hydrogen-bond donors (Lipinski definition) is 1. The Kier molecular flexibility index (Phi) is 6.93. The number of rotatable bonds is 3. The number of carbonyl (C=O) groups is 1. The van der Waals surface area contributed by atoms with Crippen molar-refractivity contribution in [3.8, 4) is 6.19 Å². The molecule has 1 aliphatic heterocycles. The third-order valence-electron chi connectivity index (χ3n) is 3.74. The lowest BCUT2D eigenvalue weighted by atomic mass is 10.0. The average molecular weight is 395 g/mol. The van der Waals surface area contributed by atoms with Crippen molar-refractivity contribution >= 4 is 38.8 Å². The number of benzene rings is 1. The summed E-state index contributed by atoms with van der Waals surface area (Å²) in [6, 6.07) is 7.99. The van der Waals surface area contributed by atoms with Crippen LogP contribution >= 0.6 is 27.7 Å². The van der Waals surface area contributed by atoms with Crippen LogP contribution in [0.15, 0.2) is 33.7 Å². The lowest BCUT2D eigenvalue weighted by Crippen LogP contribution is -2.46. The smallest absolute Gasteiger partial charge is 0.224 e. The number of carbonyl (C=O) groups excluding carboxylic acids is 1. The predicted octanol–water partition coefficient (Wildman–Crippen LogP) is 2.77. The Morgan fingerprint density at radius 3 is 2.65 bits per heavy atom. The summed E-state index contributed by atoms with van der Waals surface area (Å²) >= 11 is 4.87. The molecule has 5 nitrogen and oxygen atoms in total. The number of aliphatic imine (C=N–C) groups is 1. The number of nitrogens with one attached hydrogen (secondary N) is 1. The highest BCUT2D eigenvalue weighted by Crippen LogP contribution is 2.16. The van der Waals surface area contributed by atoms with Crippen LogP contribution in [0.2, 0.25) is 0 Å². The number of hydrogen-bond acceptors (Lipinski definition) is 4. The minimum absolute atomic E-state index is 0.0570. The van der Waals surface area contributed by atoms with Crippen LogP contribution in [0.25, 0.3) is 0 Å². The molecule has 23 heavy (non-hydrogen) atoms. The number of halogens is 1. The highest BCUT2D eigenvalue weighted by molar-refractivity contribution is 9.10. The van der Waals surface area contributed by atoms with Gasteiger partial charge in [0.05, 0.1) is 6.42 Å². The Morgan fingerprint density at radius 2 is 2.09 bits per heavy atom. The molecule has 1 amide bonds. The van der Waals surface area contributed by atoms with E-state index in [1.54, 1.807) is 0 Å². The highest BCUT2D eigenvalue weighted by Gasteiger charge is 2.22. The molecule has 0 bridgehead atoms. The largest absolute Gasteiger partial charge is 0.353 e. The molecule has 0 aromatic heterocycles. The highest BCUT2D eigenvalue weighted by atomic mass is 79.9. The van der Waals surface area contributed by atoms with Gasteiger partial charge in [-0.05, 0) is 36.8 Å². The van der Waals surface area contributed by atoms with Crippen LogP contribution in [-0.4, -0.2) is 41.4 Å². The molecule has 0 spiro atoms. The first-order chi connectivity index (χ1) is 11.1. The average Bonchev–Trinajstić information content (AvgIpc) is 2.55. The number of likely N-dealkylation sites (tertiary alicyclic amines) is 1. The summed E-state index contributed by atoms with van der Waals surface area (Å²) in [5.74, 6) is 0.0570. The van der Waals surface area contributed by atoms with Gasteiger partial charge in [-0.1, -0.05) is 39.8 Å². The van der Waals surface area contributed by atoms with Crippen LogP contribution in [-0.2, 0) is 11.2 Å². The summed E-state index contributed by atoms with van der Waals surface area (Å²) in [7, 11) is 0. The SMILES string of the molecule is CSC(=NC#N)N1CCC(NC(=O)Cc2ccc(Br)cc2)CC1. The molecule has 0 atom stereocenters. The topological polar surface area (TPSA) is 68.5 Å². The number of amides is 1. The molecule has 7 heteroatoms. The Balaban J connectivity index is 1.80. The summed E-state index contributed by atoms with van der Waals surface area (Å²) in [6.45, 7) is 1.62. The maximum absolute atomic E-state index is 12.1. The van der Waals surface area contributed by atoms with Crippen LogP contribution in [0.5, 0.6) is 0 Å². The third-order valence-corrected chi connectivity index (χ3v) is 4.98. The van der Waals surface area contributed by atoms with Gasteiger partial charge in [0.2, 0.25) is 12.1 Å². The van der Waals surface area contributed by atoms with Crippen LogP contribution in [0.4, 0.5) is 0 Å². The zero-order valence-corrected chi connectivity index (χ0v) is 15.4. The van der Waals surface area contributed by atoms with E-state index in [9.17, 15) is 4.79 Å². The fourth-order valence-corrected chi connectivity index (χ4v) is 3.41. The van der Waals surface area contributed by atoms with Gasteiger partial charge >= 0.3 is 0 Å². The van der Waals surface area contributed by atoms with Gasteiger partial charge < -0.3 is 10.2 Å². The molecule has 1 aromatic carbocycles. The summed E-state index contributed by atoms with van der Waals surface area (Å²) in [6.07, 6.45) is 5.91. The second kappa shape index (κ2) is 8.94. The summed E-state index contributed by atoms with van der Waals surface area (Å²) in [5, 5.41) is 12.5. The lowest BCUT2D eigenvalue weighted by molar-refractivity contribution is -0.121. The summed E-state index contributed by atoms with van der Waals surface area (Å²) in [4.78, 5) is 18.1. The molecule has 1 fully saturated rings. The van der Waals surface area contributed by atoms with E-state index < -0.39 is 0 Å². The second-order valence-electron chi connectivity index (χ2n) is 5.33. The standard InChI is InChI=1S/C16H19BrN4OS/c1-23-16(19-11-18)21-8-6-14(7-9-21)20-15(22)10-12-2-4-13(17)5-3-12/h2-5,14H,6-10H2,1H3,(H,20,22). The molecule has 1 heterocycles. The van der Waals surface area contributed by atoms with Gasteiger partial charge in [0.15, 0.2) is 5.17 Å². The first kappa shape index (κ1) is 17.8. The van der Waals surface area contributed by atoms with Crippen LogP contribution in [0, 0.1) is 11.5 Å². The molecule has 2 rings (SSSR count). The summed E-state index contributed by atoms with van der Waals surface area (Å²) in [5.41, 5.74) is 1.01. The molecular weight excluding hydrogens is 376 g/mol. The zero-order chi connectivity index (χ0) is 16.7. The van der Waals surface area contributed by atoms with E-state index in [0.29, 0.717) is 6.42 Å². The van der Waals surface area contributed by atoms with Gasteiger partial charge in [0.25, 0.3) is 0 Å². The Morgan fingerprint density at radius 1 is 1.43 bits per heavy atom. The van der Waals surface area contributed by atoms with Crippen molar-refractivity contribution in [3.05, 3.63) is 34.3 Å². The number of nitrogens with zero attached hydrogens (tertiary/aromatic N) is 3. The first-order valence-corrected chi connectivity index (χ1v) is 9.43. The van der Waals surface area contributed by atoms with Crippen molar-refractivity contribution in [1.29, 1.82) is 5.26 Å². The number of amidine groups is 1. The molecule has 0 radical (unpaired) electrons. The van der Waals surface area contributed by atoms with E-state index in [0.717, 1.165) is 41.1 Å². The maximum Gasteiger partial charge on any atom is 0.224 e. The fourth-order valence-electron chi connectivity index (χ4n) is 2.57. The predicted molar refractivity (Wildman–Crippen MR) is 97.1 cm³/mol. The van der Waals surface area contributed by atoms with Crippen LogP contribution < -0.4 is 5.32 Å². The van der Waals surface area contributed by atoms with Crippen LogP contribution in [0.1, 0.15) is 18.4 Å². The minimum Gasteiger partial charge on any atom is -0.353 e. The monoisotopic (exact) mass is 394 g/mol. The minimum atomic E-state index is 0.0570.